The summed E-state index contributed by atoms with van der Waals surface area (Å²) in [5, 5.41) is 12.7. The SMILES string of the molecule is CCCCC(=O)N(CCC(=O)N[C@@H](CS)CC(C)C)Cc1ccc(-c2ccccc2S(=O)(=O)NC(=O)[C@H](C)O)c(Cl)c1. The molecule has 2 rings (SSSR count). The number of benzene rings is 2. The predicted octanol–water partition coefficient (Wildman–Crippen LogP) is 4.56. The van der Waals surface area contributed by atoms with Crippen LogP contribution in [0, 0.1) is 5.92 Å². The van der Waals surface area contributed by atoms with Gasteiger partial charge in [-0.3, -0.25) is 14.4 Å². The minimum atomic E-state index is -4.30. The van der Waals surface area contributed by atoms with Crippen molar-refractivity contribution in [3.8, 4) is 11.1 Å². The van der Waals surface area contributed by atoms with Gasteiger partial charge in [0.05, 0.1) is 4.90 Å². The van der Waals surface area contributed by atoms with Gasteiger partial charge >= 0.3 is 0 Å². The molecule has 0 radical (unpaired) electrons. The van der Waals surface area contributed by atoms with Crippen LogP contribution in [0.5, 0.6) is 0 Å². The topological polar surface area (TPSA) is 133 Å². The molecule has 0 heterocycles. The molecule has 3 N–H and O–H groups in total. The Morgan fingerprint density at radius 3 is 2.33 bits per heavy atom. The molecule has 0 saturated carbocycles. The number of unbranched alkanes of at least 4 members (excludes halogenated alkanes) is 1. The predicted molar refractivity (Wildman–Crippen MR) is 169 cm³/mol. The summed E-state index contributed by atoms with van der Waals surface area (Å²) in [6.45, 7) is 7.80. The number of halogens is 1. The van der Waals surface area contributed by atoms with E-state index in [1.165, 1.54) is 19.1 Å². The zero-order valence-electron chi connectivity index (χ0n) is 24.6. The summed E-state index contributed by atoms with van der Waals surface area (Å²) >= 11 is 11.0. The van der Waals surface area contributed by atoms with Crippen LogP contribution in [0.2, 0.25) is 5.02 Å². The number of amides is 3. The van der Waals surface area contributed by atoms with E-state index in [0.717, 1.165) is 19.3 Å². The summed E-state index contributed by atoms with van der Waals surface area (Å²) in [6.07, 6.45) is 1.41. The van der Waals surface area contributed by atoms with Crippen LogP contribution in [0.25, 0.3) is 11.1 Å². The van der Waals surface area contributed by atoms with Crippen LogP contribution < -0.4 is 10.0 Å². The maximum Gasteiger partial charge on any atom is 0.264 e. The van der Waals surface area contributed by atoms with E-state index in [1.807, 2.05) is 11.6 Å². The van der Waals surface area contributed by atoms with Crippen LogP contribution in [-0.4, -0.2) is 60.6 Å². The Labute approximate surface area is 259 Å². The highest BCUT2D eigenvalue weighted by atomic mass is 35.5. The van der Waals surface area contributed by atoms with Crippen molar-refractivity contribution in [2.45, 2.75) is 83.4 Å². The van der Waals surface area contributed by atoms with E-state index in [0.29, 0.717) is 29.2 Å². The van der Waals surface area contributed by atoms with Gasteiger partial charge in [-0.25, -0.2) is 13.1 Å². The second-order valence-corrected chi connectivity index (χ2v) is 13.1. The van der Waals surface area contributed by atoms with Gasteiger partial charge in [-0.2, -0.15) is 12.6 Å². The third-order valence-electron chi connectivity index (χ3n) is 6.54. The Balaban J connectivity index is 2.27. The highest BCUT2D eigenvalue weighted by Crippen LogP contribution is 2.33. The van der Waals surface area contributed by atoms with Crippen molar-refractivity contribution in [1.29, 1.82) is 0 Å². The van der Waals surface area contributed by atoms with Crippen LogP contribution in [0.1, 0.15) is 65.4 Å². The fourth-order valence-electron chi connectivity index (χ4n) is 4.35. The van der Waals surface area contributed by atoms with E-state index >= 15 is 0 Å². The van der Waals surface area contributed by atoms with Gasteiger partial charge in [0.1, 0.15) is 6.10 Å². The molecule has 0 aromatic heterocycles. The normalized spacial score (nSPS) is 13.0. The van der Waals surface area contributed by atoms with Crippen LogP contribution >= 0.6 is 24.2 Å². The molecule has 2 aromatic rings. The number of thiol groups is 1. The zero-order chi connectivity index (χ0) is 31.4. The van der Waals surface area contributed by atoms with Crippen molar-refractivity contribution in [3.05, 3.63) is 53.1 Å². The van der Waals surface area contributed by atoms with E-state index in [2.05, 4.69) is 31.8 Å². The molecule has 0 bridgehead atoms. The van der Waals surface area contributed by atoms with Crippen LogP contribution in [0.3, 0.4) is 0 Å². The van der Waals surface area contributed by atoms with Crippen LogP contribution in [0.4, 0.5) is 0 Å². The second-order valence-electron chi connectivity index (χ2n) is 10.7. The third-order valence-corrected chi connectivity index (χ3v) is 8.69. The van der Waals surface area contributed by atoms with Crippen LogP contribution in [-0.2, 0) is 31.0 Å². The first kappa shape index (κ1) is 35.6. The minimum Gasteiger partial charge on any atom is -0.384 e. The molecule has 3 amide bonds. The largest absolute Gasteiger partial charge is 0.384 e. The first-order valence-corrected chi connectivity index (χ1v) is 16.6. The number of hydrogen-bond donors (Lipinski definition) is 4. The number of aliphatic hydroxyl groups is 1. The van der Waals surface area contributed by atoms with Crippen molar-refractivity contribution in [3.63, 3.8) is 0 Å². The van der Waals surface area contributed by atoms with Crippen molar-refractivity contribution in [2.24, 2.45) is 5.92 Å². The standard InChI is InChI=1S/C30H42ClN3O6S2/c1-5-6-11-29(37)34(15-14-28(36)32-23(19-41)16-20(2)3)18-22-12-13-24(26(31)17-22)25-9-7-8-10-27(25)42(39,40)33-30(38)21(4)35/h7-10,12-13,17,20-21,23,35,41H,5-6,11,14-16,18-19H2,1-4H3,(H,32,36)(H,33,38)/t21-,23+/m0/s1. The number of hydrogen-bond acceptors (Lipinski definition) is 7. The molecule has 0 aliphatic carbocycles. The molecule has 0 aliphatic heterocycles. The molecule has 9 nitrogen and oxygen atoms in total. The number of carbonyl (C=O) groups excluding carboxylic acids is 3. The number of carbonyl (C=O) groups is 3. The van der Waals surface area contributed by atoms with Crippen molar-refractivity contribution < 1.29 is 27.9 Å². The van der Waals surface area contributed by atoms with Crippen molar-refractivity contribution in [1.82, 2.24) is 14.9 Å². The average Bonchev–Trinajstić information content (AvgIpc) is 2.93. The monoisotopic (exact) mass is 639 g/mol. The summed E-state index contributed by atoms with van der Waals surface area (Å²) in [5.74, 6) is -0.309. The second kappa shape index (κ2) is 16.9. The van der Waals surface area contributed by atoms with Crippen LogP contribution in [0.15, 0.2) is 47.4 Å². The molecular weight excluding hydrogens is 598 g/mol. The molecule has 0 aliphatic rings. The van der Waals surface area contributed by atoms with E-state index < -0.39 is 22.0 Å². The van der Waals surface area contributed by atoms with Crippen molar-refractivity contribution in [2.75, 3.05) is 12.3 Å². The van der Waals surface area contributed by atoms with Gasteiger partial charge < -0.3 is 15.3 Å². The Bertz CT molecular complexity index is 1330. The number of aliphatic hydroxyl groups excluding tert-OH is 1. The molecule has 12 heteroatoms. The maximum absolute atomic E-state index is 13.0. The highest BCUT2D eigenvalue weighted by molar-refractivity contribution is 7.90. The molecule has 2 atom stereocenters. The summed E-state index contributed by atoms with van der Waals surface area (Å²) in [6, 6.07) is 11.1. The molecule has 0 fully saturated rings. The van der Waals surface area contributed by atoms with E-state index in [-0.39, 0.29) is 52.8 Å². The first-order valence-electron chi connectivity index (χ1n) is 14.1. The molecule has 232 valence electrons. The van der Waals surface area contributed by atoms with Gasteiger partial charge in [-0.1, -0.05) is 69.1 Å². The van der Waals surface area contributed by atoms with E-state index in [9.17, 15) is 27.9 Å². The summed E-state index contributed by atoms with van der Waals surface area (Å²) in [7, 11) is -4.30. The van der Waals surface area contributed by atoms with Crippen molar-refractivity contribution >= 4 is 52.0 Å². The van der Waals surface area contributed by atoms with E-state index in [1.54, 1.807) is 35.2 Å². The van der Waals surface area contributed by atoms with E-state index in [4.69, 9.17) is 11.6 Å². The number of nitrogens with one attached hydrogen (secondary N) is 2. The zero-order valence-corrected chi connectivity index (χ0v) is 27.1. The highest BCUT2D eigenvalue weighted by Gasteiger charge is 2.25. The molecule has 42 heavy (non-hydrogen) atoms. The molecule has 0 spiro atoms. The smallest absolute Gasteiger partial charge is 0.264 e. The third kappa shape index (κ3) is 10.9. The summed E-state index contributed by atoms with van der Waals surface area (Å²) < 4.78 is 27.7. The number of rotatable bonds is 16. The van der Waals surface area contributed by atoms with Gasteiger partial charge in [-0.15, -0.1) is 0 Å². The summed E-state index contributed by atoms with van der Waals surface area (Å²) in [5.41, 5.74) is 1.40. The fourth-order valence-corrected chi connectivity index (χ4v) is 6.17. The maximum atomic E-state index is 13.0. The Morgan fingerprint density at radius 1 is 1.05 bits per heavy atom. The van der Waals surface area contributed by atoms with Gasteiger partial charge in [0.15, 0.2) is 0 Å². The quantitative estimate of drug-likeness (QED) is 0.199. The van der Waals surface area contributed by atoms with Gasteiger partial charge in [0.2, 0.25) is 11.8 Å². The lowest BCUT2D eigenvalue weighted by Crippen LogP contribution is -2.40. The minimum absolute atomic E-state index is 0.0384. The number of nitrogens with zero attached hydrogens (tertiary/aromatic N) is 1. The van der Waals surface area contributed by atoms with Gasteiger partial charge in [0, 0.05) is 53.9 Å². The number of sulfonamides is 1. The molecular formula is C30H42ClN3O6S2. The lowest BCUT2D eigenvalue weighted by Gasteiger charge is -2.24. The Hall–Kier alpha value is -2.60. The fraction of sp³-hybridized carbons (Fsp3) is 0.500. The van der Waals surface area contributed by atoms with Gasteiger partial charge in [-0.05, 0) is 43.4 Å². The lowest BCUT2D eigenvalue weighted by atomic mass is 10.0. The first-order chi connectivity index (χ1) is 19.8. The average molecular weight is 640 g/mol. The molecule has 0 saturated heterocycles. The Morgan fingerprint density at radius 2 is 1.74 bits per heavy atom. The summed E-state index contributed by atoms with van der Waals surface area (Å²) in [4.78, 5) is 39.1. The molecule has 2 aromatic carbocycles. The van der Waals surface area contributed by atoms with Gasteiger partial charge in [0.25, 0.3) is 15.9 Å². The molecule has 0 unspecified atom stereocenters. The Kier molecular flexibility index (Phi) is 14.3. The lowest BCUT2D eigenvalue weighted by molar-refractivity contribution is -0.132.